The summed E-state index contributed by atoms with van der Waals surface area (Å²) in [5.41, 5.74) is 3.35. The molecule has 0 unspecified atom stereocenters. The van der Waals surface area contributed by atoms with E-state index in [0.717, 1.165) is 18.4 Å². The van der Waals surface area contributed by atoms with E-state index < -0.39 is 0 Å². The van der Waals surface area contributed by atoms with E-state index in [0.29, 0.717) is 24.7 Å². The van der Waals surface area contributed by atoms with Crippen molar-refractivity contribution in [2.24, 2.45) is 0 Å². The van der Waals surface area contributed by atoms with Crippen molar-refractivity contribution in [2.75, 3.05) is 39.3 Å². The van der Waals surface area contributed by atoms with Crippen LogP contribution in [0.2, 0.25) is 0 Å². The summed E-state index contributed by atoms with van der Waals surface area (Å²) in [5, 5.41) is 2.92. The van der Waals surface area contributed by atoms with E-state index in [4.69, 9.17) is 9.47 Å². The van der Waals surface area contributed by atoms with Gasteiger partial charge >= 0.3 is 0 Å². The molecule has 0 aliphatic rings. The largest absolute Gasteiger partial charge is 0.493 e. The highest BCUT2D eigenvalue weighted by Crippen LogP contribution is 2.28. The summed E-state index contributed by atoms with van der Waals surface area (Å²) < 4.78 is 10.8. The number of carbonyl (C=O) groups is 1. The second-order valence-electron chi connectivity index (χ2n) is 6.63. The first-order chi connectivity index (χ1) is 13.5. The minimum Gasteiger partial charge on any atom is -0.493 e. The molecule has 2 rings (SSSR count). The number of carbonyl (C=O) groups excluding carboxylic acids is 1. The van der Waals surface area contributed by atoms with Crippen LogP contribution in [-0.4, -0.2) is 40.3 Å². The zero-order valence-electron chi connectivity index (χ0n) is 17.2. The Balaban J connectivity index is 1.77. The normalized spacial score (nSPS) is 10.7. The van der Waals surface area contributed by atoms with Crippen molar-refractivity contribution >= 4 is 17.7 Å². The maximum absolute atomic E-state index is 12.0. The average Bonchev–Trinajstić information content (AvgIpc) is 2.71. The maximum Gasteiger partial charge on any atom is 0.243 e. The lowest BCUT2D eigenvalue weighted by Crippen LogP contribution is -2.22. The minimum absolute atomic E-state index is 0.101. The molecule has 0 fully saturated rings. The number of nitrogens with zero attached hydrogens (tertiary/aromatic N) is 1. The van der Waals surface area contributed by atoms with Crippen LogP contribution in [0, 0.1) is 0 Å². The number of rotatable bonds is 10. The van der Waals surface area contributed by atoms with Crippen molar-refractivity contribution in [3.63, 3.8) is 0 Å². The van der Waals surface area contributed by atoms with Crippen LogP contribution in [-0.2, 0) is 11.2 Å². The van der Waals surface area contributed by atoms with Gasteiger partial charge in [0, 0.05) is 32.4 Å². The van der Waals surface area contributed by atoms with Crippen LogP contribution in [0.4, 0.5) is 5.69 Å². The van der Waals surface area contributed by atoms with Crippen LogP contribution >= 0.6 is 0 Å². The summed E-state index contributed by atoms with van der Waals surface area (Å²) in [6.45, 7) is 3.15. The summed E-state index contributed by atoms with van der Waals surface area (Å²) >= 11 is 0. The molecule has 5 nitrogen and oxygen atoms in total. The van der Waals surface area contributed by atoms with E-state index in [1.165, 1.54) is 11.3 Å². The second-order valence-corrected chi connectivity index (χ2v) is 6.63. The highest BCUT2D eigenvalue weighted by molar-refractivity contribution is 5.91. The fourth-order valence-corrected chi connectivity index (χ4v) is 2.76. The molecular weight excluding hydrogens is 352 g/mol. The van der Waals surface area contributed by atoms with Gasteiger partial charge in [-0.2, -0.15) is 0 Å². The molecule has 0 spiro atoms. The topological polar surface area (TPSA) is 50.8 Å². The van der Waals surface area contributed by atoms with Crippen LogP contribution in [0.5, 0.6) is 11.5 Å². The first kappa shape index (κ1) is 21.4. The van der Waals surface area contributed by atoms with Crippen LogP contribution in [0.15, 0.2) is 48.5 Å². The van der Waals surface area contributed by atoms with Crippen molar-refractivity contribution < 1.29 is 14.3 Å². The lowest BCUT2D eigenvalue weighted by molar-refractivity contribution is -0.116. The van der Waals surface area contributed by atoms with Crippen LogP contribution in [0.25, 0.3) is 6.08 Å². The quantitative estimate of drug-likeness (QED) is 0.500. The molecule has 0 aliphatic heterocycles. The van der Waals surface area contributed by atoms with Crippen molar-refractivity contribution in [2.45, 2.75) is 19.8 Å². The van der Waals surface area contributed by atoms with Crippen molar-refractivity contribution in [1.82, 2.24) is 5.32 Å². The molecule has 28 heavy (non-hydrogen) atoms. The molecule has 2 aromatic carbocycles. The Morgan fingerprint density at radius 1 is 1.11 bits per heavy atom. The van der Waals surface area contributed by atoms with Gasteiger partial charge in [-0.05, 0) is 61.2 Å². The summed E-state index contributed by atoms with van der Waals surface area (Å²) in [5.74, 6) is 1.26. The van der Waals surface area contributed by atoms with Gasteiger partial charge in [-0.3, -0.25) is 4.79 Å². The highest BCUT2D eigenvalue weighted by atomic mass is 16.5. The number of anilines is 1. The molecule has 150 valence electrons. The van der Waals surface area contributed by atoms with Crippen LogP contribution in [0.1, 0.15) is 24.5 Å². The Hall–Kier alpha value is -2.95. The number of benzene rings is 2. The molecule has 0 radical (unpaired) electrons. The molecule has 0 saturated carbocycles. The number of aryl methyl sites for hydroxylation is 1. The smallest absolute Gasteiger partial charge is 0.243 e. The van der Waals surface area contributed by atoms with E-state index in [1.807, 2.05) is 39.2 Å². The molecular formula is C23H30N2O3. The zero-order valence-corrected chi connectivity index (χ0v) is 17.2. The Bertz CT molecular complexity index is 783. The van der Waals surface area contributed by atoms with Gasteiger partial charge in [0.05, 0.1) is 13.7 Å². The molecule has 1 amide bonds. The molecule has 2 aromatic rings. The van der Waals surface area contributed by atoms with E-state index in [9.17, 15) is 4.79 Å². The molecule has 0 saturated heterocycles. The predicted octanol–water partition coefficient (Wildman–Crippen LogP) is 3.92. The van der Waals surface area contributed by atoms with Gasteiger partial charge in [0.2, 0.25) is 5.91 Å². The van der Waals surface area contributed by atoms with E-state index >= 15 is 0 Å². The summed E-state index contributed by atoms with van der Waals surface area (Å²) in [7, 11) is 5.66. The fraction of sp³-hybridized carbons (Fsp3) is 0.348. The van der Waals surface area contributed by atoms with E-state index in [-0.39, 0.29) is 5.91 Å². The van der Waals surface area contributed by atoms with Gasteiger partial charge in [-0.25, -0.2) is 0 Å². The first-order valence-corrected chi connectivity index (χ1v) is 9.56. The summed E-state index contributed by atoms with van der Waals surface area (Å²) in [6, 6.07) is 14.1. The van der Waals surface area contributed by atoms with Gasteiger partial charge in [0.1, 0.15) is 0 Å². The monoisotopic (exact) mass is 382 g/mol. The Morgan fingerprint density at radius 2 is 1.86 bits per heavy atom. The Labute approximate surface area is 168 Å². The lowest BCUT2D eigenvalue weighted by Gasteiger charge is -2.12. The second kappa shape index (κ2) is 11.0. The summed E-state index contributed by atoms with van der Waals surface area (Å²) in [6.07, 6.45) is 5.15. The third-order valence-corrected chi connectivity index (χ3v) is 4.31. The minimum atomic E-state index is -0.101. The zero-order chi connectivity index (χ0) is 20.4. The van der Waals surface area contributed by atoms with Gasteiger partial charge in [0.15, 0.2) is 11.5 Å². The van der Waals surface area contributed by atoms with Gasteiger partial charge in [0.25, 0.3) is 0 Å². The lowest BCUT2D eigenvalue weighted by atomic mass is 10.1. The molecule has 0 bridgehead atoms. The summed E-state index contributed by atoms with van der Waals surface area (Å²) in [4.78, 5) is 14.1. The SMILES string of the molecule is CCOc1ccc(/C=C/C(=O)NCCCc2ccc(N(C)C)cc2)cc1OC. The van der Waals surface area contributed by atoms with Gasteiger partial charge in [-0.15, -0.1) is 0 Å². The third-order valence-electron chi connectivity index (χ3n) is 4.31. The van der Waals surface area contributed by atoms with Crippen LogP contribution in [0.3, 0.4) is 0 Å². The predicted molar refractivity (Wildman–Crippen MR) is 115 cm³/mol. The number of methoxy groups -OCH3 is 1. The fourth-order valence-electron chi connectivity index (χ4n) is 2.76. The number of amides is 1. The van der Waals surface area contributed by atoms with E-state index in [2.05, 4.69) is 34.5 Å². The van der Waals surface area contributed by atoms with Gasteiger partial charge in [-0.1, -0.05) is 18.2 Å². The van der Waals surface area contributed by atoms with Crippen molar-refractivity contribution in [1.29, 1.82) is 0 Å². The Kier molecular flexibility index (Phi) is 8.40. The van der Waals surface area contributed by atoms with Crippen molar-refractivity contribution in [3.8, 4) is 11.5 Å². The average molecular weight is 383 g/mol. The maximum atomic E-state index is 12.0. The number of ether oxygens (including phenoxy) is 2. The number of hydrogen-bond acceptors (Lipinski definition) is 4. The third kappa shape index (κ3) is 6.65. The van der Waals surface area contributed by atoms with Crippen molar-refractivity contribution in [3.05, 3.63) is 59.7 Å². The molecule has 0 heterocycles. The molecule has 0 atom stereocenters. The first-order valence-electron chi connectivity index (χ1n) is 9.56. The van der Waals surface area contributed by atoms with Gasteiger partial charge < -0.3 is 19.7 Å². The standard InChI is InChI=1S/C23H30N2O3/c1-5-28-21-14-10-19(17-22(21)27-4)11-15-23(26)24-16-6-7-18-8-12-20(13-9-18)25(2)3/h8-15,17H,5-7,16H2,1-4H3,(H,24,26)/b15-11+. The van der Waals surface area contributed by atoms with Crippen LogP contribution < -0.4 is 19.7 Å². The number of nitrogens with one attached hydrogen (secondary N) is 1. The molecule has 0 aliphatic carbocycles. The Morgan fingerprint density at radius 3 is 2.50 bits per heavy atom. The molecule has 5 heteroatoms. The molecule has 1 N–H and O–H groups in total. The molecule has 0 aromatic heterocycles. The number of hydrogen-bond donors (Lipinski definition) is 1. The van der Waals surface area contributed by atoms with E-state index in [1.54, 1.807) is 19.3 Å². The highest BCUT2D eigenvalue weighted by Gasteiger charge is 2.04.